The Hall–Kier alpha value is -3.92. The van der Waals surface area contributed by atoms with E-state index >= 15 is 0 Å². The molecule has 5 aromatic rings. The van der Waals surface area contributed by atoms with Gasteiger partial charge in [-0.3, -0.25) is 4.79 Å². The maximum absolute atomic E-state index is 12.8. The summed E-state index contributed by atoms with van der Waals surface area (Å²) in [5, 5.41) is 5.11. The molecule has 0 bridgehead atoms. The zero-order valence-electron chi connectivity index (χ0n) is 18.3. The number of rotatable bonds is 3. The first-order valence-corrected chi connectivity index (χ1v) is 10.7. The van der Waals surface area contributed by atoms with Crippen molar-refractivity contribution >= 4 is 33.5 Å². The van der Waals surface area contributed by atoms with Crippen LogP contribution in [0.15, 0.2) is 89.3 Å². The third-order valence-corrected chi connectivity index (χ3v) is 5.65. The minimum atomic E-state index is -0.156. The van der Waals surface area contributed by atoms with E-state index in [1.807, 2.05) is 72.8 Å². The fourth-order valence-corrected chi connectivity index (χ4v) is 3.78. The van der Waals surface area contributed by atoms with E-state index in [-0.39, 0.29) is 11.3 Å². The van der Waals surface area contributed by atoms with Gasteiger partial charge in [-0.15, -0.1) is 0 Å². The first kappa shape index (κ1) is 20.0. The average Bonchev–Trinajstić information content (AvgIpc) is 3.22. The van der Waals surface area contributed by atoms with Crippen molar-refractivity contribution in [3.8, 4) is 11.5 Å². The molecular weight excluding hydrogens is 396 g/mol. The summed E-state index contributed by atoms with van der Waals surface area (Å²) in [6.45, 7) is 6.57. The van der Waals surface area contributed by atoms with Crippen LogP contribution in [0.3, 0.4) is 0 Å². The summed E-state index contributed by atoms with van der Waals surface area (Å²) in [5.74, 6) is 0.412. The molecule has 5 rings (SSSR count). The van der Waals surface area contributed by atoms with Gasteiger partial charge in [-0.05, 0) is 64.2 Å². The van der Waals surface area contributed by atoms with Gasteiger partial charge in [0.2, 0.25) is 5.89 Å². The first-order chi connectivity index (χ1) is 15.4. The van der Waals surface area contributed by atoms with Gasteiger partial charge >= 0.3 is 0 Å². The quantitative estimate of drug-likeness (QED) is 0.336. The highest BCUT2D eigenvalue weighted by atomic mass is 16.3. The largest absolute Gasteiger partial charge is 0.436 e. The molecule has 0 saturated heterocycles. The Morgan fingerprint density at radius 3 is 2.34 bits per heavy atom. The predicted octanol–water partition coefficient (Wildman–Crippen LogP) is 7.20. The van der Waals surface area contributed by atoms with E-state index in [9.17, 15) is 4.79 Å². The number of carbonyl (C=O) groups is 1. The lowest BCUT2D eigenvalue weighted by Gasteiger charge is -2.18. The van der Waals surface area contributed by atoms with Gasteiger partial charge < -0.3 is 9.73 Å². The first-order valence-electron chi connectivity index (χ1n) is 10.7. The summed E-state index contributed by atoms with van der Waals surface area (Å²) in [5.41, 5.74) is 4.96. The SMILES string of the molecule is CC(C)(C)c1ccc(-c2nc3cc(NC(=O)c4ccc5ccccc5c4)ccc3o2)cc1. The number of benzene rings is 4. The monoisotopic (exact) mass is 420 g/mol. The Balaban J connectivity index is 1.39. The molecule has 158 valence electrons. The number of nitrogens with zero attached hydrogens (tertiary/aromatic N) is 1. The number of hydrogen-bond acceptors (Lipinski definition) is 3. The number of aromatic nitrogens is 1. The van der Waals surface area contributed by atoms with Gasteiger partial charge in [-0.1, -0.05) is 63.2 Å². The zero-order valence-corrected chi connectivity index (χ0v) is 18.3. The molecule has 4 nitrogen and oxygen atoms in total. The molecule has 1 amide bonds. The molecule has 0 unspecified atom stereocenters. The van der Waals surface area contributed by atoms with Gasteiger partial charge in [0.05, 0.1) is 0 Å². The normalized spacial score (nSPS) is 11.7. The summed E-state index contributed by atoms with van der Waals surface area (Å²) >= 11 is 0. The van der Waals surface area contributed by atoms with E-state index < -0.39 is 0 Å². The van der Waals surface area contributed by atoms with E-state index in [0.29, 0.717) is 28.2 Å². The number of amides is 1. The molecule has 0 aliphatic rings. The molecule has 0 aliphatic carbocycles. The Morgan fingerprint density at radius 2 is 1.59 bits per heavy atom. The highest BCUT2D eigenvalue weighted by molar-refractivity contribution is 6.07. The molecule has 32 heavy (non-hydrogen) atoms. The molecule has 1 heterocycles. The van der Waals surface area contributed by atoms with E-state index in [2.05, 4.69) is 43.2 Å². The van der Waals surface area contributed by atoms with Crippen LogP contribution in [0.25, 0.3) is 33.3 Å². The Bertz CT molecular complexity index is 1440. The van der Waals surface area contributed by atoms with Gasteiger partial charge in [-0.2, -0.15) is 0 Å². The standard InChI is InChI=1S/C28H24N2O2/c1-28(2,3)22-12-10-19(11-13-22)27-30-24-17-23(14-15-25(24)32-27)29-26(31)21-9-8-18-6-4-5-7-20(18)16-21/h4-17H,1-3H3,(H,29,31). The second kappa shape index (κ2) is 7.65. The fourth-order valence-electron chi connectivity index (χ4n) is 3.78. The van der Waals surface area contributed by atoms with Crippen molar-refractivity contribution in [2.24, 2.45) is 0 Å². The second-order valence-electron chi connectivity index (χ2n) is 9.04. The highest BCUT2D eigenvalue weighted by Gasteiger charge is 2.15. The number of carbonyl (C=O) groups excluding carboxylic acids is 1. The van der Waals surface area contributed by atoms with Crippen molar-refractivity contribution in [2.45, 2.75) is 26.2 Å². The third kappa shape index (κ3) is 3.87. The fraction of sp³-hybridized carbons (Fsp3) is 0.143. The van der Waals surface area contributed by atoms with Crippen LogP contribution in [0.5, 0.6) is 0 Å². The van der Waals surface area contributed by atoms with Crippen LogP contribution >= 0.6 is 0 Å². The summed E-state index contributed by atoms with van der Waals surface area (Å²) < 4.78 is 5.95. The van der Waals surface area contributed by atoms with Gasteiger partial charge in [0.1, 0.15) is 5.52 Å². The maximum Gasteiger partial charge on any atom is 0.255 e. The predicted molar refractivity (Wildman–Crippen MR) is 130 cm³/mol. The molecule has 4 aromatic carbocycles. The average molecular weight is 421 g/mol. The van der Waals surface area contributed by atoms with E-state index in [4.69, 9.17) is 4.42 Å². The van der Waals surface area contributed by atoms with Crippen LogP contribution in [0.2, 0.25) is 0 Å². The number of nitrogens with one attached hydrogen (secondary N) is 1. The van der Waals surface area contributed by atoms with Crippen molar-refractivity contribution < 1.29 is 9.21 Å². The summed E-state index contributed by atoms with van der Waals surface area (Å²) in [6.07, 6.45) is 0. The maximum atomic E-state index is 12.8. The third-order valence-electron chi connectivity index (χ3n) is 5.65. The number of hydrogen-bond donors (Lipinski definition) is 1. The van der Waals surface area contributed by atoms with Crippen LogP contribution in [0.1, 0.15) is 36.7 Å². The van der Waals surface area contributed by atoms with Crippen molar-refractivity contribution in [3.05, 3.63) is 96.1 Å². The second-order valence-corrected chi connectivity index (χ2v) is 9.04. The number of fused-ring (bicyclic) bond motifs is 2. The summed E-state index contributed by atoms with van der Waals surface area (Å²) in [7, 11) is 0. The molecule has 0 radical (unpaired) electrons. The van der Waals surface area contributed by atoms with Gasteiger partial charge in [0.15, 0.2) is 5.58 Å². The lowest BCUT2D eigenvalue weighted by Crippen LogP contribution is -2.11. The lowest BCUT2D eigenvalue weighted by molar-refractivity contribution is 0.102. The van der Waals surface area contributed by atoms with E-state index in [1.165, 1.54) is 5.56 Å². The topological polar surface area (TPSA) is 55.1 Å². The molecule has 0 aliphatic heterocycles. The molecule has 0 spiro atoms. The number of oxazole rings is 1. The van der Waals surface area contributed by atoms with Gasteiger partial charge in [0, 0.05) is 16.8 Å². The Kier molecular flexibility index (Phi) is 4.78. The van der Waals surface area contributed by atoms with Gasteiger partial charge in [0.25, 0.3) is 5.91 Å². The molecule has 1 aromatic heterocycles. The molecule has 4 heteroatoms. The van der Waals surface area contributed by atoms with Crippen LogP contribution < -0.4 is 5.32 Å². The highest BCUT2D eigenvalue weighted by Crippen LogP contribution is 2.29. The summed E-state index contributed by atoms with van der Waals surface area (Å²) in [6, 6.07) is 27.5. The molecular formula is C28H24N2O2. The minimum absolute atomic E-state index is 0.0952. The van der Waals surface area contributed by atoms with Crippen molar-refractivity contribution in [1.29, 1.82) is 0 Å². The zero-order chi connectivity index (χ0) is 22.3. The van der Waals surface area contributed by atoms with Crippen molar-refractivity contribution in [2.75, 3.05) is 5.32 Å². The van der Waals surface area contributed by atoms with Crippen LogP contribution in [0, 0.1) is 0 Å². The smallest absolute Gasteiger partial charge is 0.255 e. The number of anilines is 1. The van der Waals surface area contributed by atoms with Crippen molar-refractivity contribution in [1.82, 2.24) is 4.98 Å². The van der Waals surface area contributed by atoms with Crippen LogP contribution in [-0.4, -0.2) is 10.9 Å². The minimum Gasteiger partial charge on any atom is -0.436 e. The van der Waals surface area contributed by atoms with Crippen LogP contribution in [0.4, 0.5) is 5.69 Å². The Morgan fingerprint density at radius 1 is 0.844 bits per heavy atom. The van der Waals surface area contributed by atoms with Gasteiger partial charge in [-0.25, -0.2) is 4.98 Å². The molecule has 0 saturated carbocycles. The van der Waals surface area contributed by atoms with Crippen LogP contribution in [-0.2, 0) is 5.41 Å². The summed E-state index contributed by atoms with van der Waals surface area (Å²) in [4.78, 5) is 17.4. The molecule has 0 atom stereocenters. The lowest BCUT2D eigenvalue weighted by atomic mass is 9.87. The van der Waals surface area contributed by atoms with E-state index in [1.54, 1.807) is 0 Å². The van der Waals surface area contributed by atoms with Crippen molar-refractivity contribution in [3.63, 3.8) is 0 Å². The molecule has 0 fully saturated rings. The van der Waals surface area contributed by atoms with E-state index in [0.717, 1.165) is 16.3 Å². The Labute approximate surface area is 186 Å². The molecule has 1 N–H and O–H groups in total.